The largest absolute Gasteiger partial charge is 0.480 e. The van der Waals surface area contributed by atoms with Crippen LogP contribution in [0.3, 0.4) is 0 Å². The van der Waals surface area contributed by atoms with Crippen LogP contribution in [0.2, 0.25) is 5.02 Å². The van der Waals surface area contributed by atoms with Crippen molar-refractivity contribution in [2.45, 2.75) is 0 Å². The van der Waals surface area contributed by atoms with Crippen molar-refractivity contribution in [3.63, 3.8) is 0 Å². The number of nitrogens with zero attached hydrogens (tertiary/aromatic N) is 2. The van der Waals surface area contributed by atoms with Gasteiger partial charge in [0.05, 0.1) is 4.92 Å². The molecule has 0 fully saturated rings. The summed E-state index contributed by atoms with van der Waals surface area (Å²) in [6.07, 6.45) is 0. The number of nitro groups is 1. The predicted molar refractivity (Wildman–Crippen MR) is 70.8 cm³/mol. The van der Waals surface area contributed by atoms with Gasteiger partial charge in [0, 0.05) is 11.1 Å². The van der Waals surface area contributed by atoms with E-state index >= 15 is 0 Å². The van der Waals surface area contributed by atoms with Gasteiger partial charge in [-0.1, -0.05) is 11.6 Å². The molecule has 21 heavy (non-hydrogen) atoms. The van der Waals surface area contributed by atoms with Gasteiger partial charge in [-0.15, -0.1) is 0 Å². The monoisotopic (exact) mass is 315 g/mol. The van der Waals surface area contributed by atoms with E-state index in [1.807, 2.05) is 0 Å². The number of carbonyl (C=O) groups excluding carboxylic acids is 2. The fraction of sp³-hybridized carbons (Fsp3) is 0.182. The minimum atomic E-state index is -1.39. The third-order valence-electron chi connectivity index (χ3n) is 2.35. The molecular formula is C11H10ClN3O6. The van der Waals surface area contributed by atoms with Crippen LogP contribution >= 0.6 is 11.6 Å². The van der Waals surface area contributed by atoms with Crippen LogP contribution < -0.4 is 5.73 Å². The standard InChI is InChI=1S/C11H10ClN3O6/c12-6-1-2-8(15(20)21)7(3-6)11(19)14(4-9(13)16)5-10(17)18/h1-3H,4-5H2,(H2,13,16)(H,17,18). The molecule has 1 rings (SSSR count). The maximum Gasteiger partial charge on any atom is 0.323 e. The Labute approximate surface area is 123 Å². The van der Waals surface area contributed by atoms with Crippen LogP contribution in [0, 0.1) is 10.1 Å². The lowest BCUT2D eigenvalue weighted by Crippen LogP contribution is -2.41. The molecule has 0 spiro atoms. The Kier molecular flexibility index (Phi) is 5.19. The minimum absolute atomic E-state index is 0.0540. The second-order valence-electron chi connectivity index (χ2n) is 3.94. The first-order valence-electron chi connectivity index (χ1n) is 5.45. The maximum atomic E-state index is 12.2. The molecule has 0 atom stereocenters. The normalized spacial score (nSPS) is 9.95. The van der Waals surface area contributed by atoms with Gasteiger partial charge in [-0.3, -0.25) is 24.5 Å². The van der Waals surface area contributed by atoms with Crippen LogP contribution in [-0.4, -0.2) is 45.8 Å². The van der Waals surface area contributed by atoms with Crippen molar-refractivity contribution < 1.29 is 24.4 Å². The van der Waals surface area contributed by atoms with Crippen LogP contribution in [-0.2, 0) is 9.59 Å². The molecule has 0 aliphatic carbocycles. The molecule has 112 valence electrons. The van der Waals surface area contributed by atoms with Gasteiger partial charge < -0.3 is 15.7 Å². The van der Waals surface area contributed by atoms with Gasteiger partial charge in [-0.2, -0.15) is 0 Å². The molecule has 1 aromatic rings. The fourth-order valence-corrected chi connectivity index (χ4v) is 1.73. The van der Waals surface area contributed by atoms with Crippen molar-refractivity contribution >= 4 is 35.1 Å². The molecule has 0 unspecified atom stereocenters. The molecule has 9 nitrogen and oxygen atoms in total. The molecule has 0 saturated heterocycles. The third kappa shape index (κ3) is 4.42. The van der Waals surface area contributed by atoms with Crippen molar-refractivity contribution in [2.75, 3.05) is 13.1 Å². The second-order valence-corrected chi connectivity index (χ2v) is 4.38. The summed E-state index contributed by atoms with van der Waals surface area (Å²) in [5.74, 6) is -3.37. The van der Waals surface area contributed by atoms with Crippen LogP contribution in [0.25, 0.3) is 0 Å². The molecule has 0 aliphatic heterocycles. The molecule has 0 bridgehead atoms. The number of carbonyl (C=O) groups is 3. The predicted octanol–water partition coefficient (Wildman–Crippen LogP) is 0.260. The van der Waals surface area contributed by atoms with E-state index in [1.165, 1.54) is 6.07 Å². The summed E-state index contributed by atoms with van der Waals surface area (Å²) in [6.45, 7) is -1.51. The van der Waals surface area contributed by atoms with E-state index in [0.29, 0.717) is 4.90 Å². The number of amides is 2. The van der Waals surface area contributed by atoms with E-state index in [4.69, 9.17) is 22.4 Å². The quantitative estimate of drug-likeness (QED) is 0.569. The van der Waals surface area contributed by atoms with E-state index in [2.05, 4.69) is 0 Å². The number of rotatable bonds is 6. The van der Waals surface area contributed by atoms with E-state index < -0.39 is 47.0 Å². The lowest BCUT2D eigenvalue weighted by molar-refractivity contribution is -0.385. The third-order valence-corrected chi connectivity index (χ3v) is 2.58. The number of aliphatic carboxylic acids is 1. The zero-order valence-corrected chi connectivity index (χ0v) is 11.2. The first-order valence-corrected chi connectivity index (χ1v) is 5.83. The maximum absolute atomic E-state index is 12.2. The summed E-state index contributed by atoms with van der Waals surface area (Å²) in [4.78, 5) is 44.4. The molecular weight excluding hydrogens is 306 g/mol. The lowest BCUT2D eigenvalue weighted by Gasteiger charge is -2.18. The summed E-state index contributed by atoms with van der Waals surface area (Å²) in [5, 5.41) is 19.7. The van der Waals surface area contributed by atoms with Crippen molar-refractivity contribution in [1.82, 2.24) is 4.90 Å². The highest BCUT2D eigenvalue weighted by molar-refractivity contribution is 6.31. The first-order chi connectivity index (χ1) is 9.72. The zero-order valence-electron chi connectivity index (χ0n) is 10.5. The number of benzene rings is 1. The highest BCUT2D eigenvalue weighted by Gasteiger charge is 2.27. The Morgan fingerprint density at radius 2 is 1.95 bits per heavy atom. The number of carboxylic acids is 1. The summed E-state index contributed by atoms with van der Waals surface area (Å²) in [7, 11) is 0. The molecule has 3 N–H and O–H groups in total. The number of carboxylic acid groups (broad SMARTS) is 1. The smallest absolute Gasteiger partial charge is 0.323 e. The molecule has 0 heterocycles. The zero-order chi connectivity index (χ0) is 16.2. The van der Waals surface area contributed by atoms with Gasteiger partial charge in [0.25, 0.3) is 11.6 Å². The summed E-state index contributed by atoms with van der Waals surface area (Å²) >= 11 is 5.68. The highest BCUT2D eigenvalue weighted by Crippen LogP contribution is 2.24. The average Bonchev–Trinajstić information content (AvgIpc) is 2.35. The number of nitro benzene ring substituents is 1. The second kappa shape index (κ2) is 6.66. The van der Waals surface area contributed by atoms with E-state index in [-0.39, 0.29) is 5.02 Å². The van der Waals surface area contributed by atoms with Crippen LogP contribution in [0.15, 0.2) is 18.2 Å². The molecule has 2 amide bonds. The molecule has 0 radical (unpaired) electrons. The average molecular weight is 316 g/mol. The van der Waals surface area contributed by atoms with E-state index in [1.54, 1.807) is 0 Å². The van der Waals surface area contributed by atoms with Gasteiger partial charge in [0.15, 0.2) is 0 Å². The lowest BCUT2D eigenvalue weighted by atomic mass is 10.1. The molecule has 1 aromatic carbocycles. The van der Waals surface area contributed by atoms with Crippen molar-refractivity contribution in [1.29, 1.82) is 0 Å². The summed E-state index contributed by atoms with van der Waals surface area (Å²) < 4.78 is 0. The Morgan fingerprint density at radius 1 is 1.33 bits per heavy atom. The Hall–Kier alpha value is -2.68. The molecule has 0 aliphatic rings. The van der Waals surface area contributed by atoms with Gasteiger partial charge in [0.1, 0.15) is 18.7 Å². The van der Waals surface area contributed by atoms with Crippen LogP contribution in [0.4, 0.5) is 5.69 Å². The van der Waals surface area contributed by atoms with Gasteiger partial charge in [0.2, 0.25) is 5.91 Å². The Balaban J connectivity index is 3.24. The van der Waals surface area contributed by atoms with E-state index in [0.717, 1.165) is 12.1 Å². The minimum Gasteiger partial charge on any atom is -0.480 e. The van der Waals surface area contributed by atoms with Crippen molar-refractivity contribution in [3.8, 4) is 0 Å². The first kappa shape index (κ1) is 16.4. The Bertz CT molecular complexity index is 602. The number of halogens is 1. The number of primary amides is 1. The van der Waals surface area contributed by atoms with Gasteiger partial charge >= 0.3 is 5.97 Å². The number of hydrogen-bond acceptors (Lipinski definition) is 5. The van der Waals surface area contributed by atoms with Crippen LogP contribution in [0.1, 0.15) is 10.4 Å². The summed E-state index contributed by atoms with van der Waals surface area (Å²) in [6, 6.07) is 3.25. The van der Waals surface area contributed by atoms with Gasteiger partial charge in [-0.25, -0.2) is 0 Å². The topological polar surface area (TPSA) is 144 Å². The fourth-order valence-electron chi connectivity index (χ4n) is 1.56. The summed E-state index contributed by atoms with van der Waals surface area (Å²) in [5.41, 5.74) is 3.95. The highest BCUT2D eigenvalue weighted by atomic mass is 35.5. The Morgan fingerprint density at radius 3 is 2.43 bits per heavy atom. The molecule has 10 heteroatoms. The van der Waals surface area contributed by atoms with E-state index in [9.17, 15) is 24.5 Å². The van der Waals surface area contributed by atoms with Gasteiger partial charge in [-0.05, 0) is 12.1 Å². The van der Waals surface area contributed by atoms with Crippen molar-refractivity contribution in [2.24, 2.45) is 5.73 Å². The molecule has 0 saturated carbocycles. The number of nitrogens with two attached hydrogens (primary N) is 1. The van der Waals surface area contributed by atoms with Crippen LogP contribution in [0.5, 0.6) is 0 Å². The molecule has 0 aromatic heterocycles. The SMILES string of the molecule is NC(=O)CN(CC(=O)O)C(=O)c1cc(Cl)ccc1[N+](=O)[O-]. The van der Waals surface area contributed by atoms with Crippen molar-refractivity contribution in [3.05, 3.63) is 38.9 Å². The number of hydrogen-bond donors (Lipinski definition) is 2.